The minimum atomic E-state index is -6.03. The van der Waals surface area contributed by atoms with E-state index in [0.29, 0.717) is 0 Å². The van der Waals surface area contributed by atoms with Crippen molar-refractivity contribution in [2.45, 2.75) is 0 Å². The van der Waals surface area contributed by atoms with Gasteiger partial charge >= 0.3 is 32.7 Å². The summed E-state index contributed by atoms with van der Waals surface area (Å²) in [7, 11) is -9.49. The van der Waals surface area contributed by atoms with Gasteiger partial charge in [0.15, 0.2) is 0 Å². The molecule has 13 heteroatoms. The number of rotatable bonds is 4. The van der Waals surface area contributed by atoms with Crippen molar-refractivity contribution in [3.05, 3.63) is 0 Å². The van der Waals surface area contributed by atoms with E-state index in [2.05, 4.69) is 0 Å². The summed E-state index contributed by atoms with van der Waals surface area (Å²) in [6, 6.07) is 0. The van der Waals surface area contributed by atoms with Gasteiger partial charge in [-0.15, -0.1) is 0 Å². The van der Waals surface area contributed by atoms with E-state index in [1.54, 1.807) is 0 Å². The summed E-state index contributed by atoms with van der Waals surface area (Å²) in [5.74, 6) is -1.22. The smallest absolute Gasteiger partial charge is 0.447 e. The van der Waals surface area contributed by atoms with Crippen LogP contribution in [0.1, 0.15) is 0 Å². The average molecular weight is 310 g/mol. The molecule has 0 saturated heterocycles. The summed E-state index contributed by atoms with van der Waals surface area (Å²) in [6.45, 7) is -0.682. The topological polar surface area (TPSA) is 124 Å². The van der Waals surface area contributed by atoms with Crippen molar-refractivity contribution < 1.29 is 37.9 Å². The second-order valence-electron chi connectivity index (χ2n) is 3.20. The third-order valence-corrected chi connectivity index (χ3v) is 3.64. The maximum absolute atomic E-state index is 12.7. The quantitative estimate of drug-likeness (QED) is 0.285. The summed E-state index contributed by atoms with van der Waals surface area (Å²) in [5, 5.41) is 9.67. The highest BCUT2D eigenvalue weighted by Gasteiger charge is 2.39. The number of carbonyl (C=O) groups is 1. The zero-order valence-electron chi connectivity index (χ0n) is 9.16. The number of amides is 1. The predicted molar refractivity (Wildman–Crippen MR) is 55.0 cm³/mol. The Labute approximate surface area is 102 Å². The van der Waals surface area contributed by atoms with Crippen LogP contribution in [-0.4, -0.2) is 62.8 Å². The molecule has 0 aliphatic heterocycles. The Morgan fingerprint density at radius 3 is 1.83 bits per heavy atom. The Kier molecular flexibility index (Phi) is 5.12. The molecule has 2 N–H and O–H groups in total. The van der Waals surface area contributed by atoms with Crippen LogP contribution in [0.2, 0.25) is 0 Å². The van der Waals surface area contributed by atoms with Crippen LogP contribution in [-0.2, 0) is 20.8 Å². The largest absolute Gasteiger partial charge is 0.502 e. The van der Waals surface area contributed by atoms with Gasteiger partial charge in [0.2, 0.25) is 0 Å². The van der Waals surface area contributed by atoms with E-state index in [1.165, 1.54) is 19.4 Å². The number of hydrogen-bond donors (Lipinski definition) is 2. The first-order valence-corrected chi connectivity index (χ1v) is 6.74. The number of amidine groups is 1. The number of likely N-dealkylation sites (N-methyl/N-ethyl adjacent to an activating group) is 1. The van der Waals surface area contributed by atoms with E-state index >= 15 is 0 Å². The Morgan fingerprint density at radius 1 is 1.22 bits per heavy atom. The van der Waals surface area contributed by atoms with Crippen molar-refractivity contribution in [3.63, 3.8) is 0 Å². The van der Waals surface area contributed by atoms with Gasteiger partial charge in [-0.2, -0.15) is 26.9 Å². The lowest BCUT2D eigenvalue weighted by Gasteiger charge is -2.08. The maximum atomic E-state index is 12.7. The van der Waals surface area contributed by atoms with Crippen LogP contribution in [0.25, 0.3) is 0 Å². The minimum absolute atomic E-state index is 0.682. The van der Waals surface area contributed by atoms with Gasteiger partial charge in [0.25, 0.3) is 0 Å². The normalized spacial score (nSPS) is 12.3. The van der Waals surface area contributed by atoms with E-state index in [9.17, 15) is 29.4 Å². The van der Waals surface area contributed by atoms with Crippen molar-refractivity contribution in [2.24, 2.45) is 0 Å². The first-order chi connectivity index (χ1) is 7.85. The van der Waals surface area contributed by atoms with Gasteiger partial charge < -0.3 is 5.11 Å². The van der Waals surface area contributed by atoms with Gasteiger partial charge in [0, 0.05) is 3.39 Å². The molecule has 0 saturated carbocycles. The first-order valence-electron chi connectivity index (χ1n) is 4.06. The van der Waals surface area contributed by atoms with Gasteiger partial charge in [-0.25, -0.2) is 0 Å². The van der Waals surface area contributed by atoms with Gasteiger partial charge in [0.1, 0.15) is 6.54 Å². The van der Waals surface area contributed by atoms with E-state index in [0.717, 1.165) is 4.90 Å². The number of nitrogens with one attached hydrogen (secondary N) is 1. The Bertz CT molecular complexity index is 532. The van der Waals surface area contributed by atoms with E-state index in [-0.39, 0.29) is 0 Å². The molecule has 0 aliphatic rings. The summed E-state index contributed by atoms with van der Waals surface area (Å²) >= 11 is 0. The highest BCUT2D eigenvalue weighted by Crippen LogP contribution is 2.05. The van der Waals surface area contributed by atoms with Crippen LogP contribution in [0.5, 0.6) is 0 Å². The van der Waals surface area contributed by atoms with Gasteiger partial charge in [-0.3, -0.25) is 4.90 Å². The van der Waals surface area contributed by atoms with Gasteiger partial charge in [-0.05, 0) is 14.1 Å². The molecule has 1 amide bonds. The molecule has 18 heavy (non-hydrogen) atoms. The van der Waals surface area contributed by atoms with Crippen molar-refractivity contribution >= 4 is 32.7 Å². The number of halogens is 2. The van der Waals surface area contributed by atoms with E-state index < -0.39 is 42.7 Å². The molecule has 106 valence electrons. The monoisotopic (exact) mass is 310 g/mol. The predicted octanol–water partition coefficient (Wildman–Crippen LogP) is -1.34. The molecule has 0 spiro atoms. The molecule has 9 nitrogen and oxygen atoms in total. The summed E-state index contributed by atoms with van der Waals surface area (Å²) < 4.78 is 66.3. The third kappa shape index (κ3) is 5.33. The molecule has 0 rings (SSSR count). The Hall–Kier alpha value is -1.34. The standard InChI is InChI=1S/C5H9F2N3O6S2/c1-9(2)3-4(8-5(11)12)10(17(6,13)14)18(7,15)16/h3H2,1-2H3,(H,11,12)/p+1. The molecular formula is C5H10F2N3O6S2+. The fourth-order valence-corrected chi connectivity index (χ4v) is 2.52. The van der Waals surface area contributed by atoms with Crippen LogP contribution in [0, 0.1) is 0 Å². The summed E-state index contributed by atoms with van der Waals surface area (Å²) in [5.41, 5.74) is 0. The van der Waals surface area contributed by atoms with Crippen LogP contribution < -0.4 is 5.32 Å². The fourth-order valence-electron chi connectivity index (χ4n) is 0.935. The third-order valence-electron chi connectivity index (χ3n) is 1.33. The highest BCUT2D eigenvalue weighted by atomic mass is 32.3. The second kappa shape index (κ2) is 5.53. The molecule has 0 aromatic carbocycles. The van der Waals surface area contributed by atoms with Gasteiger partial charge in [0.05, 0.1) is 0 Å². The molecule has 0 heterocycles. The molecule has 0 bridgehead atoms. The Morgan fingerprint density at radius 2 is 1.61 bits per heavy atom. The zero-order chi connectivity index (χ0) is 14.7. The lowest BCUT2D eigenvalue weighted by molar-refractivity contribution is -0.201. The molecule has 0 aliphatic carbocycles. The number of hydrogen-bond acceptors (Lipinski definition) is 6. The van der Waals surface area contributed by atoms with Crippen molar-refractivity contribution in [1.29, 1.82) is 0 Å². The lowest BCUT2D eigenvalue weighted by Crippen LogP contribution is -2.45. The molecule has 0 radical (unpaired) electrons. The van der Waals surface area contributed by atoms with Crippen molar-refractivity contribution in [2.75, 3.05) is 20.6 Å². The molecule has 0 aromatic heterocycles. The SMILES string of the molecule is CN(C)CC(NC(=O)O)=[N+](S(=O)(=O)F)S(=O)(=O)F. The zero-order valence-corrected chi connectivity index (χ0v) is 10.8. The second-order valence-corrected chi connectivity index (χ2v) is 5.81. The Balaban J connectivity index is 6.11. The average Bonchev–Trinajstić information content (AvgIpc) is 1.93. The van der Waals surface area contributed by atoms with Crippen molar-refractivity contribution in [1.82, 2.24) is 10.2 Å². The minimum Gasteiger partial charge on any atom is -0.447 e. The van der Waals surface area contributed by atoms with Crippen LogP contribution in [0.3, 0.4) is 0 Å². The first kappa shape index (κ1) is 16.7. The molecule has 0 unspecified atom stereocenters. The van der Waals surface area contributed by atoms with Crippen LogP contribution >= 0.6 is 0 Å². The molecule has 0 atom stereocenters. The van der Waals surface area contributed by atoms with Crippen LogP contribution in [0.15, 0.2) is 0 Å². The van der Waals surface area contributed by atoms with Crippen LogP contribution in [0.4, 0.5) is 12.6 Å². The van der Waals surface area contributed by atoms with Crippen molar-refractivity contribution in [3.8, 4) is 0 Å². The fraction of sp³-hybridized carbons (Fsp3) is 0.600. The van der Waals surface area contributed by atoms with E-state index in [4.69, 9.17) is 5.11 Å². The van der Waals surface area contributed by atoms with E-state index in [1.807, 2.05) is 0 Å². The highest BCUT2D eigenvalue weighted by molar-refractivity contribution is 7.92. The lowest BCUT2D eigenvalue weighted by atomic mass is 10.5. The summed E-state index contributed by atoms with van der Waals surface area (Å²) in [4.78, 5) is 11.4. The molecule has 0 fully saturated rings. The number of nitrogens with zero attached hydrogens (tertiary/aromatic N) is 2. The number of carboxylic acid groups (broad SMARTS) is 1. The molecule has 0 aromatic rings. The summed E-state index contributed by atoms with van der Waals surface area (Å²) in [6.07, 6.45) is -1.89. The maximum Gasteiger partial charge on any atom is 0.502 e. The van der Waals surface area contributed by atoms with Gasteiger partial charge in [-0.1, -0.05) is 7.77 Å². The molecular weight excluding hydrogens is 300 g/mol.